The highest BCUT2D eigenvalue weighted by Gasteiger charge is 2.15. The van der Waals surface area contributed by atoms with Crippen molar-refractivity contribution in [1.29, 1.82) is 5.26 Å². The second-order valence-corrected chi connectivity index (χ2v) is 4.13. The quantitative estimate of drug-likeness (QED) is 0.648. The third kappa shape index (κ3) is 3.08. The summed E-state index contributed by atoms with van der Waals surface area (Å²) in [5.74, 6) is 0.441. The van der Waals surface area contributed by atoms with Crippen LogP contribution in [0.15, 0.2) is 24.5 Å². The molecule has 0 saturated heterocycles. The minimum atomic E-state index is -0.620. The SMILES string of the molecule is Cn1cc(CCNc2ccc([N+](=O)[O-])c(C#N)n2)cn1. The summed E-state index contributed by atoms with van der Waals surface area (Å²) in [4.78, 5) is 14.0. The van der Waals surface area contributed by atoms with Gasteiger partial charge in [-0.2, -0.15) is 10.4 Å². The van der Waals surface area contributed by atoms with E-state index in [-0.39, 0.29) is 11.4 Å². The normalized spacial score (nSPS) is 10.0. The molecular formula is C12H12N6O2. The van der Waals surface area contributed by atoms with Crippen LogP contribution in [0.3, 0.4) is 0 Å². The first-order chi connectivity index (χ1) is 9.60. The standard InChI is InChI=1S/C12H12N6O2/c1-17-8-9(7-15-17)4-5-14-12-3-2-11(18(19)20)10(6-13)16-12/h2-3,7-8H,4-5H2,1H3,(H,14,16). The number of anilines is 1. The zero-order valence-corrected chi connectivity index (χ0v) is 10.8. The zero-order chi connectivity index (χ0) is 14.5. The van der Waals surface area contributed by atoms with Gasteiger partial charge in [0.1, 0.15) is 11.9 Å². The second kappa shape index (κ2) is 5.79. The molecule has 0 aliphatic heterocycles. The van der Waals surface area contributed by atoms with Crippen LogP contribution in [0.1, 0.15) is 11.3 Å². The number of hydrogen-bond donors (Lipinski definition) is 1. The number of nitriles is 1. The van der Waals surface area contributed by atoms with Crippen molar-refractivity contribution < 1.29 is 4.92 Å². The molecule has 0 unspecified atom stereocenters. The lowest BCUT2D eigenvalue weighted by Gasteiger charge is -2.04. The third-order valence-electron chi connectivity index (χ3n) is 2.65. The third-order valence-corrected chi connectivity index (χ3v) is 2.65. The molecule has 102 valence electrons. The number of nitrogens with one attached hydrogen (secondary N) is 1. The Morgan fingerprint density at radius 2 is 2.35 bits per heavy atom. The molecule has 0 saturated carbocycles. The van der Waals surface area contributed by atoms with E-state index in [0.717, 1.165) is 12.0 Å². The van der Waals surface area contributed by atoms with E-state index >= 15 is 0 Å². The molecule has 0 aromatic carbocycles. The molecule has 2 heterocycles. The van der Waals surface area contributed by atoms with Crippen LogP contribution < -0.4 is 5.32 Å². The molecule has 0 bridgehead atoms. The number of aromatic nitrogens is 3. The van der Waals surface area contributed by atoms with Gasteiger partial charge in [-0.25, -0.2) is 4.98 Å². The van der Waals surface area contributed by atoms with Crippen LogP contribution >= 0.6 is 0 Å². The Morgan fingerprint density at radius 3 is 2.95 bits per heavy atom. The van der Waals surface area contributed by atoms with Crippen molar-refractivity contribution in [2.45, 2.75) is 6.42 Å². The first kappa shape index (κ1) is 13.5. The summed E-state index contributed by atoms with van der Waals surface area (Å²) in [5, 5.41) is 26.6. The van der Waals surface area contributed by atoms with Crippen LogP contribution in [0.5, 0.6) is 0 Å². The number of aryl methyl sites for hydroxylation is 1. The average molecular weight is 272 g/mol. The van der Waals surface area contributed by atoms with Crippen molar-refractivity contribution in [3.05, 3.63) is 45.9 Å². The van der Waals surface area contributed by atoms with Crippen LogP contribution in [0.4, 0.5) is 11.5 Å². The van der Waals surface area contributed by atoms with E-state index < -0.39 is 4.92 Å². The lowest BCUT2D eigenvalue weighted by atomic mass is 10.2. The average Bonchev–Trinajstić information content (AvgIpc) is 2.84. The van der Waals surface area contributed by atoms with Gasteiger partial charge in [0, 0.05) is 25.9 Å². The highest BCUT2D eigenvalue weighted by molar-refractivity contribution is 5.50. The molecule has 2 aromatic heterocycles. The van der Waals surface area contributed by atoms with Gasteiger partial charge < -0.3 is 5.32 Å². The van der Waals surface area contributed by atoms with Gasteiger partial charge in [-0.05, 0) is 18.1 Å². The number of hydrogen-bond acceptors (Lipinski definition) is 6. The minimum Gasteiger partial charge on any atom is -0.370 e. The van der Waals surface area contributed by atoms with Gasteiger partial charge >= 0.3 is 5.69 Å². The van der Waals surface area contributed by atoms with E-state index in [2.05, 4.69) is 15.4 Å². The molecule has 2 aromatic rings. The maximum absolute atomic E-state index is 10.7. The second-order valence-electron chi connectivity index (χ2n) is 4.13. The molecule has 0 amide bonds. The summed E-state index contributed by atoms with van der Waals surface area (Å²) in [6.07, 6.45) is 4.42. The Balaban J connectivity index is 2.00. The Labute approximate surface area is 114 Å². The Hall–Kier alpha value is -2.95. The molecule has 0 fully saturated rings. The largest absolute Gasteiger partial charge is 0.370 e. The number of nitro groups is 1. The molecule has 0 aliphatic rings. The topological polar surface area (TPSA) is 110 Å². The highest BCUT2D eigenvalue weighted by atomic mass is 16.6. The van der Waals surface area contributed by atoms with E-state index in [1.807, 2.05) is 13.2 Å². The van der Waals surface area contributed by atoms with Crippen molar-refractivity contribution in [2.24, 2.45) is 7.05 Å². The monoisotopic (exact) mass is 272 g/mol. The van der Waals surface area contributed by atoms with Crippen molar-refractivity contribution >= 4 is 11.5 Å². The molecule has 0 atom stereocenters. The van der Waals surface area contributed by atoms with Crippen LogP contribution in [0.25, 0.3) is 0 Å². The minimum absolute atomic E-state index is 0.193. The van der Waals surface area contributed by atoms with Gasteiger partial charge in [0.05, 0.1) is 11.1 Å². The molecule has 0 radical (unpaired) electrons. The predicted molar refractivity (Wildman–Crippen MR) is 71.0 cm³/mol. The van der Waals surface area contributed by atoms with E-state index in [1.165, 1.54) is 12.1 Å². The highest BCUT2D eigenvalue weighted by Crippen LogP contribution is 2.17. The Morgan fingerprint density at radius 1 is 1.55 bits per heavy atom. The molecule has 0 aliphatic carbocycles. The fraction of sp³-hybridized carbons (Fsp3) is 0.250. The van der Waals surface area contributed by atoms with Gasteiger partial charge in [0.2, 0.25) is 5.69 Å². The van der Waals surface area contributed by atoms with E-state index in [9.17, 15) is 10.1 Å². The maximum Gasteiger partial charge on any atom is 0.305 e. The van der Waals surface area contributed by atoms with Gasteiger partial charge in [-0.1, -0.05) is 0 Å². The number of rotatable bonds is 5. The maximum atomic E-state index is 10.7. The zero-order valence-electron chi connectivity index (χ0n) is 10.8. The molecular weight excluding hydrogens is 260 g/mol. The molecule has 20 heavy (non-hydrogen) atoms. The van der Waals surface area contributed by atoms with E-state index in [0.29, 0.717) is 12.4 Å². The van der Waals surface area contributed by atoms with Crippen molar-refractivity contribution in [2.75, 3.05) is 11.9 Å². The lowest BCUT2D eigenvalue weighted by molar-refractivity contribution is -0.385. The van der Waals surface area contributed by atoms with E-state index in [4.69, 9.17) is 5.26 Å². The summed E-state index contributed by atoms with van der Waals surface area (Å²) in [7, 11) is 1.84. The summed E-state index contributed by atoms with van der Waals surface area (Å²) >= 11 is 0. The van der Waals surface area contributed by atoms with Crippen molar-refractivity contribution in [1.82, 2.24) is 14.8 Å². The van der Waals surface area contributed by atoms with Gasteiger partial charge in [-0.3, -0.25) is 14.8 Å². The van der Waals surface area contributed by atoms with Crippen LogP contribution in [0, 0.1) is 21.4 Å². The number of nitrogens with zero attached hydrogens (tertiary/aromatic N) is 5. The van der Waals surface area contributed by atoms with Crippen molar-refractivity contribution in [3.8, 4) is 6.07 Å². The first-order valence-corrected chi connectivity index (χ1v) is 5.87. The van der Waals surface area contributed by atoms with Crippen molar-refractivity contribution in [3.63, 3.8) is 0 Å². The summed E-state index contributed by atoms with van der Waals surface area (Å²) < 4.78 is 1.72. The fourth-order valence-corrected chi connectivity index (χ4v) is 1.72. The molecule has 0 spiro atoms. The Bertz CT molecular complexity index is 673. The van der Waals surface area contributed by atoms with Crippen LogP contribution in [0.2, 0.25) is 0 Å². The fourth-order valence-electron chi connectivity index (χ4n) is 1.72. The predicted octanol–water partition coefficient (Wildman–Crippen LogP) is 1.25. The molecule has 2 rings (SSSR count). The lowest BCUT2D eigenvalue weighted by Crippen LogP contribution is -2.07. The van der Waals surface area contributed by atoms with Gasteiger partial charge in [0.25, 0.3) is 0 Å². The van der Waals surface area contributed by atoms with E-state index in [1.54, 1.807) is 16.9 Å². The summed E-state index contributed by atoms with van der Waals surface area (Å²) in [5.41, 5.74) is 0.592. The molecule has 8 nitrogen and oxygen atoms in total. The molecule has 8 heteroatoms. The van der Waals surface area contributed by atoms with Crippen LogP contribution in [-0.4, -0.2) is 26.2 Å². The smallest absolute Gasteiger partial charge is 0.305 e. The Kier molecular flexibility index (Phi) is 3.91. The van der Waals surface area contributed by atoms with Gasteiger partial charge in [0.15, 0.2) is 0 Å². The summed E-state index contributed by atoms with van der Waals surface area (Å²) in [6.45, 7) is 0.599. The van der Waals surface area contributed by atoms with Crippen LogP contribution in [-0.2, 0) is 13.5 Å². The van der Waals surface area contributed by atoms with Gasteiger partial charge in [-0.15, -0.1) is 0 Å². The molecule has 1 N–H and O–H groups in total. The first-order valence-electron chi connectivity index (χ1n) is 5.87. The number of pyridine rings is 1. The summed E-state index contributed by atoms with van der Waals surface area (Å²) in [6, 6.07) is 4.49.